The molecule has 0 radical (unpaired) electrons. The molecule has 0 aliphatic heterocycles. The molecule has 0 fully saturated rings. The minimum Gasteiger partial charge on any atom is -0.497 e. The second-order valence-corrected chi connectivity index (χ2v) is 4.19. The van der Waals surface area contributed by atoms with E-state index in [0.29, 0.717) is 5.69 Å². The highest BCUT2D eigenvalue weighted by Gasteiger charge is 2.08. The maximum atomic E-state index is 11.0. The Hall–Kier alpha value is -2.62. The van der Waals surface area contributed by atoms with E-state index in [4.69, 9.17) is 4.74 Å². The van der Waals surface area contributed by atoms with Gasteiger partial charge in [-0.1, -0.05) is 0 Å². The van der Waals surface area contributed by atoms with Crippen molar-refractivity contribution in [2.75, 3.05) is 7.11 Å². The Morgan fingerprint density at radius 2 is 2.16 bits per heavy atom. The summed E-state index contributed by atoms with van der Waals surface area (Å²) in [4.78, 5) is 18.4. The number of nitrogens with one attached hydrogen (secondary N) is 1. The highest BCUT2D eigenvalue weighted by molar-refractivity contribution is 5.91. The monoisotopic (exact) mass is 252 g/mol. The minimum atomic E-state index is 0.432. The highest BCUT2D eigenvalue weighted by atomic mass is 16.5. The third-order valence-electron chi connectivity index (χ3n) is 3.07. The van der Waals surface area contributed by atoms with Crippen molar-refractivity contribution in [2.24, 2.45) is 0 Å². The van der Waals surface area contributed by atoms with Gasteiger partial charge in [0.15, 0.2) is 6.29 Å². The molecular weight excluding hydrogens is 240 g/mol. The van der Waals surface area contributed by atoms with Crippen LogP contribution in [0.4, 0.5) is 0 Å². The summed E-state index contributed by atoms with van der Waals surface area (Å²) in [6.07, 6.45) is 2.38. The largest absolute Gasteiger partial charge is 0.497 e. The molecule has 4 heteroatoms. The van der Waals surface area contributed by atoms with Gasteiger partial charge in [0.25, 0.3) is 0 Å². The molecule has 0 saturated carbocycles. The quantitative estimate of drug-likeness (QED) is 0.729. The molecule has 0 bridgehead atoms. The van der Waals surface area contributed by atoms with Crippen LogP contribution in [0, 0.1) is 0 Å². The van der Waals surface area contributed by atoms with Crippen LogP contribution in [0.25, 0.3) is 22.2 Å². The zero-order valence-electron chi connectivity index (χ0n) is 10.4. The fourth-order valence-corrected chi connectivity index (χ4v) is 2.12. The molecule has 3 aromatic rings. The fourth-order valence-electron chi connectivity index (χ4n) is 2.12. The lowest BCUT2D eigenvalue weighted by atomic mass is 10.1. The Balaban J connectivity index is 2.17. The summed E-state index contributed by atoms with van der Waals surface area (Å²) in [5.74, 6) is 0.805. The molecule has 0 aliphatic rings. The van der Waals surface area contributed by atoms with Crippen molar-refractivity contribution in [3.8, 4) is 17.0 Å². The van der Waals surface area contributed by atoms with Crippen LogP contribution in [0.2, 0.25) is 0 Å². The number of H-pyrrole nitrogens is 1. The number of rotatable bonds is 3. The fraction of sp³-hybridized carbons (Fsp3) is 0.0667. The van der Waals surface area contributed by atoms with Crippen molar-refractivity contribution in [1.82, 2.24) is 9.97 Å². The lowest BCUT2D eigenvalue weighted by molar-refractivity contribution is 0.111. The van der Waals surface area contributed by atoms with Crippen molar-refractivity contribution < 1.29 is 9.53 Å². The third-order valence-corrected chi connectivity index (χ3v) is 3.07. The number of ether oxygens (including phenoxy) is 1. The summed E-state index contributed by atoms with van der Waals surface area (Å²) in [5.41, 5.74) is 3.10. The molecule has 0 aliphatic carbocycles. The number of carbonyl (C=O) groups excluding carboxylic acids is 1. The number of methoxy groups -OCH3 is 1. The van der Waals surface area contributed by atoms with Crippen LogP contribution in [-0.4, -0.2) is 23.4 Å². The van der Waals surface area contributed by atoms with Gasteiger partial charge in [-0.05, 0) is 36.4 Å². The van der Waals surface area contributed by atoms with Gasteiger partial charge in [-0.2, -0.15) is 0 Å². The normalized spacial score (nSPS) is 10.6. The van der Waals surface area contributed by atoms with Crippen molar-refractivity contribution in [3.05, 3.63) is 48.3 Å². The second-order valence-electron chi connectivity index (χ2n) is 4.19. The Bertz CT molecular complexity index is 747. The molecule has 0 unspecified atom stereocenters. The van der Waals surface area contributed by atoms with Crippen molar-refractivity contribution in [2.45, 2.75) is 0 Å². The molecule has 0 spiro atoms. The number of nitrogens with zero attached hydrogens (tertiary/aromatic N) is 1. The number of aromatic amines is 1. The number of pyridine rings is 1. The number of carbonyl (C=O) groups is 1. The Kier molecular flexibility index (Phi) is 2.76. The number of fused-ring (bicyclic) bond motifs is 1. The Labute approximate surface area is 110 Å². The number of hydrogen-bond donors (Lipinski definition) is 1. The lowest BCUT2D eigenvalue weighted by Gasteiger charge is -1.99. The zero-order chi connectivity index (χ0) is 13.2. The number of hydrogen-bond acceptors (Lipinski definition) is 3. The Morgan fingerprint density at radius 1 is 1.26 bits per heavy atom. The van der Waals surface area contributed by atoms with Gasteiger partial charge in [0.05, 0.1) is 7.11 Å². The molecular formula is C15H12N2O2. The standard InChI is InChI=1S/C15H12N2O2/c1-19-11-4-5-13-10(7-11)8-14(17-13)12-3-2-6-16-15(12)9-18/h2-9,17H,1H3. The summed E-state index contributed by atoms with van der Waals surface area (Å²) in [7, 11) is 1.64. The maximum Gasteiger partial charge on any atom is 0.169 e. The molecule has 1 N–H and O–H groups in total. The van der Waals surface area contributed by atoms with Crippen LogP contribution in [0.5, 0.6) is 5.75 Å². The van der Waals surface area contributed by atoms with E-state index in [1.807, 2.05) is 36.4 Å². The molecule has 94 valence electrons. The van der Waals surface area contributed by atoms with Gasteiger partial charge in [-0.25, -0.2) is 0 Å². The molecule has 2 aromatic heterocycles. The van der Waals surface area contributed by atoms with Crippen LogP contribution in [-0.2, 0) is 0 Å². The smallest absolute Gasteiger partial charge is 0.169 e. The average Bonchev–Trinajstić information content (AvgIpc) is 2.89. The zero-order valence-corrected chi connectivity index (χ0v) is 10.4. The molecule has 0 saturated heterocycles. The molecule has 0 atom stereocenters. The van der Waals surface area contributed by atoms with Crippen LogP contribution in [0.15, 0.2) is 42.6 Å². The van der Waals surface area contributed by atoms with Crippen LogP contribution in [0.1, 0.15) is 10.5 Å². The van der Waals surface area contributed by atoms with Crippen molar-refractivity contribution >= 4 is 17.2 Å². The van der Waals surface area contributed by atoms with E-state index in [1.165, 1.54) is 0 Å². The van der Waals surface area contributed by atoms with E-state index in [9.17, 15) is 4.79 Å². The predicted molar refractivity (Wildman–Crippen MR) is 73.5 cm³/mol. The predicted octanol–water partition coefficient (Wildman–Crippen LogP) is 3.05. The van der Waals surface area contributed by atoms with E-state index in [-0.39, 0.29) is 0 Å². The van der Waals surface area contributed by atoms with Gasteiger partial charge in [-0.3, -0.25) is 9.78 Å². The van der Waals surface area contributed by atoms with Gasteiger partial charge in [0.2, 0.25) is 0 Å². The highest BCUT2D eigenvalue weighted by Crippen LogP contribution is 2.27. The molecule has 0 amide bonds. The van der Waals surface area contributed by atoms with E-state index in [2.05, 4.69) is 9.97 Å². The summed E-state index contributed by atoms with van der Waals surface area (Å²) in [6.45, 7) is 0. The lowest BCUT2D eigenvalue weighted by Crippen LogP contribution is -1.90. The summed E-state index contributed by atoms with van der Waals surface area (Å²) >= 11 is 0. The topological polar surface area (TPSA) is 55.0 Å². The number of aromatic nitrogens is 2. The molecule has 3 rings (SSSR count). The van der Waals surface area contributed by atoms with E-state index in [1.54, 1.807) is 13.3 Å². The summed E-state index contributed by atoms with van der Waals surface area (Å²) in [5, 5.41) is 1.04. The second kappa shape index (κ2) is 4.57. The summed E-state index contributed by atoms with van der Waals surface area (Å²) in [6, 6.07) is 11.5. The number of benzene rings is 1. The first-order valence-electron chi connectivity index (χ1n) is 5.89. The molecule has 2 heterocycles. The molecule has 19 heavy (non-hydrogen) atoms. The first kappa shape index (κ1) is 11.5. The van der Waals surface area contributed by atoms with Crippen LogP contribution < -0.4 is 4.74 Å². The third kappa shape index (κ3) is 1.97. The first-order valence-corrected chi connectivity index (χ1v) is 5.89. The first-order chi connectivity index (χ1) is 9.31. The van der Waals surface area contributed by atoms with E-state index >= 15 is 0 Å². The number of aldehydes is 1. The van der Waals surface area contributed by atoms with Crippen LogP contribution in [0.3, 0.4) is 0 Å². The molecule has 1 aromatic carbocycles. The minimum absolute atomic E-state index is 0.432. The molecule has 4 nitrogen and oxygen atoms in total. The van der Waals surface area contributed by atoms with E-state index in [0.717, 1.165) is 34.2 Å². The van der Waals surface area contributed by atoms with Crippen molar-refractivity contribution in [1.29, 1.82) is 0 Å². The van der Waals surface area contributed by atoms with Gasteiger partial charge in [0, 0.05) is 28.4 Å². The SMILES string of the molecule is COc1ccc2[nH]c(-c3cccnc3C=O)cc2c1. The maximum absolute atomic E-state index is 11.0. The van der Waals surface area contributed by atoms with Gasteiger partial charge in [-0.15, -0.1) is 0 Å². The van der Waals surface area contributed by atoms with Gasteiger partial charge < -0.3 is 9.72 Å². The average molecular weight is 252 g/mol. The van der Waals surface area contributed by atoms with E-state index < -0.39 is 0 Å². The van der Waals surface area contributed by atoms with Gasteiger partial charge >= 0.3 is 0 Å². The summed E-state index contributed by atoms with van der Waals surface area (Å²) < 4.78 is 5.20. The van der Waals surface area contributed by atoms with Crippen LogP contribution >= 0.6 is 0 Å². The van der Waals surface area contributed by atoms with Crippen molar-refractivity contribution in [3.63, 3.8) is 0 Å². The Morgan fingerprint density at radius 3 is 2.95 bits per heavy atom. The van der Waals surface area contributed by atoms with Gasteiger partial charge in [0.1, 0.15) is 11.4 Å².